The standard InChI is InChI=1S/C13H14O3/c1-3-9-4-2-8(1)10-7-16-12(11(9)10)13-14-5-6-15-13/h1,3,7-9,13H,2,4-6H2. The highest BCUT2D eigenvalue weighted by Gasteiger charge is 2.37. The van der Waals surface area contributed by atoms with Crippen LogP contribution >= 0.6 is 0 Å². The summed E-state index contributed by atoms with van der Waals surface area (Å²) in [6, 6.07) is 0. The van der Waals surface area contributed by atoms with Crippen molar-refractivity contribution >= 4 is 0 Å². The van der Waals surface area contributed by atoms with Gasteiger partial charge < -0.3 is 13.9 Å². The summed E-state index contributed by atoms with van der Waals surface area (Å²) in [6.07, 6.45) is 8.73. The van der Waals surface area contributed by atoms with Gasteiger partial charge in [0.25, 0.3) is 0 Å². The smallest absolute Gasteiger partial charge is 0.217 e. The number of ether oxygens (including phenoxy) is 2. The molecular weight excluding hydrogens is 204 g/mol. The summed E-state index contributed by atoms with van der Waals surface area (Å²) in [5.74, 6) is 1.98. The van der Waals surface area contributed by atoms with Crippen molar-refractivity contribution in [1.82, 2.24) is 0 Å². The Hall–Kier alpha value is -1.06. The van der Waals surface area contributed by atoms with E-state index in [2.05, 4.69) is 12.2 Å². The van der Waals surface area contributed by atoms with E-state index in [9.17, 15) is 0 Å². The Bertz CT molecular complexity index is 440. The Morgan fingerprint density at radius 1 is 1.00 bits per heavy atom. The molecule has 3 aliphatic carbocycles. The Kier molecular flexibility index (Phi) is 1.81. The van der Waals surface area contributed by atoms with Crippen molar-refractivity contribution in [3.05, 3.63) is 35.3 Å². The van der Waals surface area contributed by atoms with Gasteiger partial charge in [-0.05, 0) is 12.8 Å². The van der Waals surface area contributed by atoms with Gasteiger partial charge in [0, 0.05) is 23.0 Å². The van der Waals surface area contributed by atoms with Gasteiger partial charge in [0.2, 0.25) is 6.29 Å². The highest BCUT2D eigenvalue weighted by Crippen LogP contribution is 2.49. The van der Waals surface area contributed by atoms with Crippen LogP contribution in [0.5, 0.6) is 0 Å². The first kappa shape index (κ1) is 9.02. The van der Waals surface area contributed by atoms with Crippen molar-refractivity contribution in [2.45, 2.75) is 31.0 Å². The molecule has 0 radical (unpaired) electrons. The van der Waals surface area contributed by atoms with Gasteiger partial charge in [-0.3, -0.25) is 0 Å². The average Bonchev–Trinajstić information content (AvgIpc) is 3.00. The fourth-order valence-electron chi connectivity index (χ4n) is 3.09. The Morgan fingerprint density at radius 2 is 1.75 bits per heavy atom. The van der Waals surface area contributed by atoms with E-state index in [4.69, 9.17) is 13.9 Å². The molecule has 0 aromatic carbocycles. The maximum atomic E-state index is 5.69. The molecule has 3 nitrogen and oxygen atoms in total. The van der Waals surface area contributed by atoms with Crippen LogP contribution in [0, 0.1) is 0 Å². The summed E-state index contributed by atoms with van der Waals surface area (Å²) in [5, 5.41) is 0. The van der Waals surface area contributed by atoms with E-state index in [1.165, 1.54) is 24.0 Å². The first-order chi connectivity index (χ1) is 7.93. The predicted octanol–water partition coefficient (Wildman–Crippen LogP) is 2.86. The number of hydrogen-bond donors (Lipinski definition) is 0. The van der Waals surface area contributed by atoms with Crippen LogP contribution in [0.2, 0.25) is 0 Å². The molecule has 2 atom stereocenters. The van der Waals surface area contributed by atoms with Gasteiger partial charge in [-0.1, -0.05) is 12.2 Å². The highest BCUT2D eigenvalue weighted by molar-refractivity contribution is 5.45. The number of fused-ring (bicyclic) bond motifs is 1. The van der Waals surface area contributed by atoms with Crippen LogP contribution < -0.4 is 0 Å². The summed E-state index contributed by atoms with van der Waals surface area (Å²) in [4.78, 5) is 0. The van der Waals surface area contributed by atoms with Gasteiger partial charge in [0.15, 0.2) is 5.76 Å². The second kappa shape index (κ2) is 3.22. The van der Waals surface area contributed by atoms with E-state index in [1.54, 1.807) is 0 Å². The molecule has 4 aliphatic rings. The number of rotatable bonds is 1. The maximum absolute atomic E-state index is 5.69. The van der Waals surface area contributed by atoms with Crippen LogP contribution in [0.1, 0.15) is 47.9 Å². The van der Waals surface area contributed by atoms with Gasteiger partial charge in [-0.25, -0.2) is 0 Å². The zero-order valence-corrected chi connectivity index (χ0v) is 9.02. The van der Waals surface area contributed by atoms with E-state index in [-0.39, 0.29) is 6.29 Å². The van der Waals surface area contributed by atoms with Gasteiger partial charge in [-0.15, -0.1) is 0 Å². The van der Waals surface area contributed by atoms with Crippen molar-refractivity contribution in [3.63, 3.8) is 0 Å². The first-order valence-electron chi connectivity index (χ1n) is 5.96. The molecule has 1 fully saturated rings. The summed E-state index contributed by atoms with van der Waals surface area (Å²) < 4.78 is 16.8. The summed E-state index contributed by atoms with van der Waals surface area (Å²) in [6.45, 7) is 1.34. The molecule has 0 spiro atoms. The second-order valence-electron chi connectivity index (χ2n) is 4.72. The third-order valence-corrected chi connectivity index (χ3v) is 3.86. The van der Waals surface area contributed by atoms with Crippen LogP contribution in [0.4, 0.5) is 0 Å². The van der Waals surface area contributed by atoms with E-state index in [0.717, 1.165) is 5.76 Å². The molecule has 2 bridgehead atoms. The molecule has 2 unspecified atom stereocenters. The van der Waals surface area contributed by atoms with Gasteiger partial charge >= 0.3 is 0 Å². The average molecular weight is 218 g/mol. The van der Waals surface area contributed by atoms with Gasteiger partial charge in [0.1, 0.15) is 0 Å². The van der Waals surface area contributed by atoms with E-state index < -0.39 is 0 Å². The van der Waals surface area contributed by atoms with E-state index >= 15 is 0 Å². The first-order valence-corrected chi connectivity index (χ1v) is 5.96. The van der Waals surface area contributed by atoms with Crippen molar-refractivity contribution in [2.24, 2.45) is 0 Å². The lowest BCUT2D eigenvalue weighted by molar-refractivity contribution is -0.0597. The molecule has 5 rings (SSSR count). The predicted molar refractivity (Wildman–Crippen MR) is 57.2 cm³/mol. The van der Waals surface area contributed by atoms with Crippen LogP contribution in [0.25, 0.3) is 0 Å². The molecule has 1 saturated heterocycles. The van der Waals surface area contributed by atoms with Crippen LogP contribution in [0.3, 0.4) is 0 Å². The zero-order valence-electron chi connectivity index (χ0n) is 9.02. The molecule has 1 aromatic heterocycles. The molecule has 16 heavy (non-hydrogen) atoms. The minimum Gasteiger partial charge on any atom is -0.463 e. The summed E-state index contributed by atoms with van der Waals surface area (Å²) in [7, 11) is 0. The topological polar surface area (TPSA) is 31.6 Å². The Labute approximate surface area is 94.0 Å². The third kappa shape index (κ3) is 1.10. The Balaban J connectivity index is 1.81. The van der Waals surface area contributed by atoms with Crippen LogP contribution in [-0.4, -0.2) is 13.2 Å². The quantitative estimate of drug-likeness (QED) is 0.679. The third-order valence-electron chi connectivity index (χ3n) is 3.86. The van der Waals surface area contributed by atoms with E-state index in [0.29, 0.717) is 25.0 Å². The van der Waals surface area contributed by atoms with Crippen LogP contribution in [0.15, 0.2) is 22.8 Å². The zero-order chi connectivity index (χ0) is 10.5. The lowest BCUT2D eigenvalue weighted by atomic mass is 9.72. The maximum Gasteiger partial charge on any atom is 0.217 e. The fourth-order valence-corrected chi connectivity index (χ4v) is 3.09. The molecular formula is C13H14O3. The minimum atomic E-state index is -0.267. The van der Waals surface area contributed by atoms with Crippen LogP contribution in [-0.2, 0) is 9.47 Å². The molecule has 84 valence electrons. The molecule has 1 aromatic rings. The molecule has 1 aliphatic heterocycles. The lowest BCUT2D eigenvalue weighted by Crippen LogP contribution is -2.17. The van der Waals surface area contributed by atoms with Crippen molar-refractivity contribution in [3.8, 4) is 0 Å². The highest BCUT2D eigenvalue weighted by atomic mass is 16.7. The van der Waals surface area contributed by atoms with Crippen molar-refractivity contribution < 1.29 is 13.9 Å². The van der Waals surface area contributed by atoms with Gasteiger partial charge in [-0.2, -0.15) is 0 Å². The molecule has 0 saturated carbocycles. The molecule has 3 heteroatoms. The normalized spacial score (nSPS) is 32.2. The number of hydrogen-bond acceptors (Lipinski definition) is 3. The summed E-state index contributed by atoms with van der Waals surface area (Å²) >= 11 is 0. The van der Waals surface area contributed by atoms with E-state index in [1.807, 2.05) is 6.26 Å². The molecule has 0 amide bonds. The number of furan rings is 1. The fraction of sp³-hybridized carbons (Fsp3) is 0.538. The summed E-state index contributed by atoms with van der Waals surface area (Å²) in [5.41, 5.74) is 2.69. The van der Waals surface area contributed by atoms with Crippen molar-refractivity contribution in [1.29, 1.82) is 0 Å². The largest absolute Gasteiger partial charge is 0.463 e. The van der Waals surface area contributed by atoms with Crippen molar-refractivity contribution in [2.75, 3.05) is 13.2 Å². The minimum absolute atomic E-state index is 0.267. The number of allylic oxidation sites excluding steroid dienone is 2. The Morgan fingerprint density at radius 3 is 2.50 bits per heavy atom. The van der Waals surface area contributed by atoms with Gasteiger partial charge in [0.05, 0.1) is 19.5 Å². The molecule has 0 N–H and O–H groups in total. The lowest BCUT2D eigenvalue weighted by Gasteiger charge is -2.31. The SMILES string of the molecule is C1=CC2CCC1c1coc(C3OCCO3)c12. The molecule has 2 heterocycles. The second-order valence-corrected chi connectivity index (χ2v) is 4.72. The monoisotopic (exact) mass is 218 g/mol.